The van der Waals surface area contributed by atoms with Gasteiger partial charge in [0, 0.05) is 17.1 Å². The highest BCUT2D eigenvalue weighted by molar-refractivity contribution is 8.00. The third-order valence-corrected chi connectivity index (χ3v) is 6.04. The van der Waals surface area contributed by atoms with Crippen LogP contribution in [0.4, 0.5) is 10.1 Å². The van der Waals surface area contributed by atoms with Crippen molar-refractivity contribution in [2.24, 2.45) is 0 Å². The van der Waals surface area contributed by atoms with Gasteiger partial charge in [0.05, 0.1) is 10.9 Å². The summed E-state index contributed by atoms with van der Waals surface area (Å²) in [7, 11) is 0. The molecular formula is C24H20ClFN4OS. The van der Waals surface area contributed by atoms with Crippen LogP contribution >= 0.6 is 23.4 Å². The minimum Gasteiger partial charge on any atom is -0.323 e. The molecule has 4 aromatic rings. The Kier molecular flexibility index (Phi) is 6.87. The van der Waals surface area contributed by atoms with Crippen molar-refractivity contribution < 1.29 is 9.18 Å². The van der Waals surface area contributed by atoms with Crippen LogP contribution < -0.4 is 5.32 Å². The molecule has 0 saturated carbocycles. The maximum absolute atomic E-state index is 14.1. The number of hydrogen-bond acceptors (Lipinski definition) is 4. The van der Waals surface area contributed by atoms with E-state index in [0.29, 0.717) is 11.6 Å². The van der Waals surface area contributed by atoms with E-state index >= 15 is 0 Å². The van der Waals surface area contributed by atoms with Gasteiger partial charge in [0.15, 0.2) is 5.16 Å². The van der Waals surface area contributed by atoms with Gasteiger partial charge >= 0.3 is 0 Å². The van der Waals surface area contributed by atoms with Gasteiger partial charge in [-0.3, -0.25) is 9.36 Å². The summed E-state index contributed by atoms with van der Waals surface area (Å²) in [6, 6.07) is 23.9. The van der Waals surface area contributed by atoms with E-state index in [1.165, 1.54) is 23.9 Å². The second-order valence-electron chi connectivity index (χ2n) is 7.11. The summed E-state index contributed by atoms with van der Waals surface area (Å²) in [5.41, 5.74) is 2.10. The normalized spacial score (nSPS) is 11.8. The number of hydrogen-bond donors (Lipinski definition) is 1. The first-order chi connectivity index (χ1) is 15.5. The van der Waals surface area contributed by atoms with Gasteiger partial charge in [-0.2, -0.15) is 0 Å². The predicted molar refractivity (Wildman–Crippen MR) is 126 cm³/mol. The third kappa shape index (κ3) is 5.18. The molecule has 0 fully saturated rings. The monoisotopic (exact) mass is 466 g/mol. The summed E-state index contributed by atoms with van der Waals surface area (Å²) in [6.07, 6.45) is 0.597. The minimum atomic E-state index is -0.583. The van der Waals surface area contributed by atoms with E-state index in [2.05, 4.69) is 15.5 Å². The third-order valence-electron chi connectivity index (χ3n) is 4.76. The summed E-state index contributed by atoms with van der Waals surface area (Å²) < 4.78 is 16.0. The second-order valence-corrected chi connectivity index (χ2v) is 8.85. The molecule has 5 nitrogen and oxygen atoms in total. The van der Waals surface area contributed by atoms with Gasteiger partial charge in [-0.15, -0.1) is 10.2 Å². The number of rotatable bonds is 7. The smallest absolute Gasteiger partial charge is 0.237 e. The number of halogens is 2. The number of amides is 1. The van der Waals surface area contributed by atoms with Crippen molar-refractivity contribution in [1.29, 1.82) is 0 Å². The molecule has 1 atom stereocenters. The lowest BCUT2D eigenvalue weighted by molar-refractivity contribution is -0.115. The van der Waals surface area contributed by atoms with Crippen molar-refractivity contribution >= 4 is 35.0 Å². The van der Waals surface area contributed by atoms with E-state index < -0.39 is 11.1 Å². The molecule has 1 aromatic heterocycles. The van der Waals surface area contributed by atoms with Gasteiger partial charge < -0.3 is 5.32 Å². The number of nitrogens with zero attached hydrogens (tertiary/aromatic N) is 3. The van der Waals surface area contributed by atoms with Crippen LogP contribution in [0.5, 0.6) is 0 Å². The molecule has 0 aliphatic rings. The lowest BCUT2D eigenvalue weighted by atomic mass is 10.1. The molecule has 0 aliphatic heterocycles. The van der Waals surface area contributed by atoms with Crippen LogP contribution in [0.3, 0.4) is 0 Å². The molecule has 32 heavy (non-hydrogen) atoms. The van der Waals surface area contributed by atoms with E-state index in [1.807, 2.05) is 65.2 Å². The average Bonchev–Trinajstić information content (AvgIpc) is 3.18. The highest BCUT2D eigenvalue weighted by atomic mass is 35.5. The maximum Gasteiger partial charge on any atom is 0.237 e. The first-order valence-corrected chi connectivity index (χ1v) is 11.2. The topological polar surface area (TPSA) is 59.8 Å². The first-order valence-electron chi connectivity index (χ1n) is 9.97. The Balaban J connectivity index is 1.58. The molecule has 162 valence electrons. The second kappa shape index (κ2) is 9.97. The lowest BCUT2D eigenvalue weighted by Crippen LogP contribution is -2.23. The standard InChI is InChI=1S/C24H20ClFN4OS/c1-16(23(31)27-21-13-12-18(25)15-20(21)26)32-24-29-28-22(14-17-8-4-2-5-9-17)30(24)19-10-6-3-7-11-19/h2-13,15-16H,14H2,1H3,(H,27,31). The van der Waals surface area contributed by atoms with E-state index in [0.717, 1.165) is 23.1 Å². The first kappa shape index (κ1) is 22.0. The molecule has 0 aliphatic carbocycles. The SMILES string of the molecule is CC(Sc1nnc(Cc2ccccc2)n1-c1ccccc1)C(=O)Nc1ccc(Cl)cc1F. The Labute approximate surface area is 194 Å². The highest BCUT2D eigenvalue weighted by Gasteiger charge is 2.22. The number of benzene rings is 3. The van der Waals surface area contributed by atoms with E-state index in [-0.39, 0.29) is 16.6 Å². The molecule has 0 spiro atoms. The van der Waals surface area contributed by atoms with Crippen LogP contribution in [0, 0.1) is 5.82 Å². The van der Waals surface area contributed by atoms with Gasteiger partial charge in [-0.05, 0) is 42.8 Å². The van der Waals surface area contributed by atoms with Gasteiger partial charge in [-0.1, -0.05) is 71.9 Å². The highest BCUT2D eigenvalue weighted by Crippen LogP contribution is 2.28. The predicted octanol–water partition coefficient (Wildman–Crippen LogP) is 5.77. The lowest BCUT2D eigenvalue weighted by Gasteiger charge is -2.14. The Morgan fingerprint density at radius 3 is 2.44 bits per heavy atom. The summed E-state index contributed by atoms with van der Waals surface area (Å²) >= 11 is 7.05. The quantitative estimate of drug-likeness (QED) is 0.351. The number of carbonyl (C=O) groups is 1. The molecular weight excluding hydrogens is 447 g/mol. The van der Waals surface area contributed by atoms with E-state index in [1.54, 1.807) is 6.92 Å². The zero-order valence-corrected chi connectivity index (χ0v) is 18.8. The Morgan fingerprint density at radius 2 is 1.75 bits per heavy atom. The van der Waals surface area contributed by atoms with Crippen molar-refractivity contribution in [2.45, 2.75) is 23.8 Å². The number of para-hydroxylation sites is 1. The number of aromatic nitrogens is 3. The molecule has 1 amide bonds. The van der Waals surface area contributed by atoms with Crippen molar-refractivity contribution in [2.75, 3.05) is 5.32 Å². The van der Waals surface area contributed by atoms with Crippen LogP contribution in [-0.4, -0.2) is 25.9 Å². The maximum atomic E-state index is 14.1. The molecule has 0 bridgehead atoms. The van der Waals surface area contributed by atoms with Crippen LogP contribution in [0.15, 0.2) is 84.0 Å². The van der Waals surface area contributed by atoms with Gasteiger partial charge in [0.2, 0.25) is 5.91 Å². The van der Waals surface area contributed by atoms with Crippen LogP contribution in [0.2, 0.25) is 5.02 Å². The van der Waals surface area contributed by atoms with E-state index in [9.17, 15) is 9.18 Å². The minimum absolute atomic E-state index is 0.0844. The zero-order chi connectivity index (χ0) is 22.5. The zero-order valence-electron chi connectivity index (χ0n) is 17.2. The Morgan fingerprint density at radius 1 is 1.06 bits per heavy atom. The molecule has 0 saturated heterocycles. The molecule has 1 N–H and O–H groups in total. The summed E-state index contributed by atoms with van der Waals surface area (Å²) in [6.45, 7) is 1.74. The average molecular weight is 467 g/mol. The van der Waals surface area contributed by atoms with Crippen molar-refractivity contribution in [1.82, 2.24) is 14.8 Å². The van der Waals surface area contributed by atoms with Crippen molar-refractivity contribution in [3.05, 3.63) is 101 Å². The molecule has 0 radical (unpaired) electrons. The fourth-order valence-electron chi connectivity index (χ4n) is 3.14. The van der Waals surface area contributed by atoms with Gasteiger partial charge in [0.1, 0.15) is 11.6 Å². The fraction of sp³-hybridized carbons (Fsp3) is 0.125. The number of nitrogens with one attached hydrogen (secondary N) is 1. The van der Waals surface area contributed by atoms with Gasteiger partial charge in [-0.25, -0.2) is 4.39 Å². The largest absolute Gasteiger partial charge is 0.323 e. The molecule has 4 rings (SSSR count). The van der Waals surface area contributed by atoms with Crippen LogP contribution in [-0.2, 0) is 11.2 Å². The summed E-state index contributed by atoms with van der Waals surface area (Å²) in [4.78, 5) is 12.7. The summed E-state index contributed by atoms with van der Waals surface area (Å²) in [5, 5.41) is 11.7. The number of thioether (sulfide) groups is 1. The number of anilines is 1. The number of carbonyl (C=O) groups excluding carboxylic acids is 1. The van der Waals surface area contributed by atoms with Gasteiger partial charge in [0.25, 0.3) is 0 Å². The summed E-state index contributed by atoms with van der Waals surface area (Å²) in [5.74, 6) is -0.162. The molecule has 1 heterocycles. The Hall–Kier alpha value is -3.16. The van der Waals surface area contributed by atoms with Crippen molar-refractivity contribution in [3.8, 4) is 5.69 Å². The molecule has 3 aromatic carbocycles. The van der Waals surface area contributed by atoms with Crippen LogP contribution in [0.1, 0.15) is 18.3 Å². The fourth-order valence-corrected chi connectivity index (χ4v) is 4.19. The molecule has 8 heteroatoms. The van der Waals surface area contributed by atoms with Crippen molar-refractivity contribution in [3.63, 3.8) is 0 Å². The Bertz CT molecular complexity index is 1220. The van der Waals surface area contributed by atoms with Crippen LogP contribution in [0.25, 0.3) is 5.69 Å². The molecule has 1 unspecified atom stereocenters. The van der Waals surface area contributed by atoms with E-state index in [4.69, 9.17) is 11.6 Å².